The van der Waals surface area contributed by atoms with Gasteiger partial charge in [0.15, 0.2) is 0 Å². The van der Waals surface area contributed by atoms with Crippen LogP contribution in [0.5, 0.6) is 11.5 Å². The molecule has 12 heteroatoms. The Morgan fingerprint density at radius 3 is 1.22 bits per heavy atom. The summed E-state index contributed by atoms with van der Waals surface area (Å²) >= 11 is 0. The van der Waals surface area contributed by atoms with Crippen LogP contribution < -0.4 is 9.47 Å². The molecule has 0 atom stereocenters. The van der Waals surface area contributed by atoms with Crippen LogP contribution in [0, 0.1) is 6.92 Å². The number of azo groups is 3. The summed E-state index contributed by atoms with van der Waals surface area (Å²) < 4.78 is 21.3. The van der Waals surface area contributed by atoms with Crippen molar-refractivity contribution in [1.29, 1.82) is 0 Å². The van der Waals surface area contributed by atoms with Crippen molar-refractivity contribution >= 4 is 46.1 Å². The Balaban J connectivity index is 1.20. The monoisotopic (exact) mass is 664 g/mol. The highest BCUT2D eigenvalue weighted by molar-refractivity contribution is 5.66. The first-order valence-electron chi connectivity index (χ1n) is 16.0. The largest absolute Gasteiger partial charge is 0.494 e. The van der Waals surface area contributed by atoms with Crippen LogP contribution in [0.1, 0.15) is 45.1 Å². The minimum atomic E-state index is -0.267. The van der Waals surface area contributed by atoms with Gasteiger partial charge in [-0.2, -0.15) is 30.7 Å². The zero-order valence-electron chi connectivity index (χ0n) is 27.9. The SMILES string of the molecule is CC(=O)OCCCCOc1ccc(N=Nc2ccc(N=Nc3ccc(N=Nc4ccc(OCCCCOC(C)=O)cc4)cc3C)cc2)cc1. The van der Waals surface area contributed by atoms with E-state index in [1.165, 1.54) is 13.8 Å². The third-order valence-corrected chi connectivity index (χ3v) is 6.76. The Bertz CT molecular complexity index is 1720. The lowest BCUT2D eigenvalue weighted by Crippen LogP contribution is -2.03. The smallest absolute Gasteiger partial charge is 0.302 e. The topological polar surface area (TPSA) is 145 Å². The summed E-state index contributed by atoms with van der Waals surface area (Å²) in [7, 11) is 0. The second-order valence-electron chi connectivity index (χ2n) is 10.9. The molecular formula is C37H40N6O6. The van der Waals surface area contributed by atoms with E-state index in [0.717, 1.165) is 48.4 Å². The molecule has 0 saturated heterocycles. The van der Waals surface area contributed by atoms with Gasteiger partial charge in [-0.1, -0.05) is 0 Å². The number of esters is 2. The van der Waals surface area contributed by atoms with Gasteiger partial charge in [0.05, 0.1) is 60.6 Å². The number of carbonyl (C=O) groups excluding carboxylic acids is 2. The molecule has 0 N–H and O–H groups in total. The molecule has 0 aliphatic carbocycles. The summed E-state index contributed by atoms with van der Waals surface area (Å²) in [6, 6.07) is 27.7. The number of rotatable bonds is 18. The van der Waals surface area contributed by atoms with Crippen LogP contribution in [0.15, 0.2) is 122 Å². The van der Waals surface area contributed by atoms with E-state index in [9.17, 15) is 9.59 Å². The fraction of sp³-hybridized carbons (Fsp3) is 0.297. The maximum absolute atomic E-state index is 10.8. The van der Waals surface area contributed by atoms with Crippen molar-refractivity contribution in [2.45, 2.75) is 46.5 Å². The van der Waals surface area contributed by atoms with E-state index in [1.807, 2.05) is 97.9 Å². The van der Waals surface area contributed by atoms with Crippen molar-refractivity contribution in [1.82, 2.24) is 0 Å². The highest BCUT2D eigenvalue weighted by Gasteiger charge is 2.02. The molecule has 12 nitrogen and oxygen atoms in total. The maximum Gasteiger partial charge on any atom is 0.302 e. The van der Waals surface area contributed by atoms with Gasteiger partial charge in [0, 0.05) is 13.8 Å². The van der Waals surface area contributed by atoms with Gasteiger partial charge in [-0.15, -0.1) is 0 Å². The molecule has 0 saturated carbocycles. The van der Waals surface area contributed by atoms with Gasteiger partial charge in [-0.05, 0) is 129 Å². The Morgan fingerprint density at radius 2 is 0.816 bits per heavy atom. The van der Waals surface area contributed by atoms with E-state index >= 15 is 0 Å². The molecule has 0 aromatic heterocycles. The number of unbranched alkanes of at least 4 members (excludes halogenated alkanes) is 2. The van der Waals surface area contributed by atoms with Crippen LogP contribution in [0.2, 0.25) is 0 Å². The molecule has 0 bridgehead atoms. The van der Waals surface area contributed by atoms with Crippen LogP contribution in [0.3, 0.4) is 0 Å². The van der Waals surface area contributed by atoms with Gasteiger partial charge in [0.25, 0.3) is 0 Å². The van der Waals surface area contributed by atoms with Gasteiger partial charge < -0.3 is 18.9 Å². The highest BCUT2D eigenvalue weighted by Crippen LogP contribution is 2.29. The van der Waals surface area contributed by atoms with Crippen LogP contribution in [0.4, 0.5) is 34.1 Å². The second kappa shape index (κ2) is 19.8. The first-order chi connectivity index (χ1) is 23.8. The maximum atomic E-state index is 10.8. The Morgan fingerprint density at radius 1 is 0.469 bits per heavy atom. The van der Waals surface area contributed by atoms with Crippen LogP contribution in [-0.2, 0) is 19.1 Å². The van der Waals surface area contributed by atoms with E-state index in [-0.39, 0.29) is 11.9 Å². The van der Waals surface area contributed by atoms with Crippen molar-refractivity contribution in [3.63, 3.8) is 0 Å². The molecule has 0 aliphatic rings. The van der Waals surface area contributed by atoms with Crippen molar-refractivity contribution in [2.75, 3.05) is 26.4 Å². The second-order valence-corrected chi connectivity index (χ2v) is 10.9. The van der Waals surface area contributed by atoms with Crippen LogP contribution in [0.25, 0.3) is 0 Å². The van der Waals surface area contributed by atoms with E-state index < -0.39 is 0 Å². The molecule has 49 heavy (non-hydrogen) atoms. The first-order valence-corrected chi connectivity index (χ1v) is 16.0. The van der Waals surface area contributed by atoms with E-state index in [4.69, 9.17) is 18.9 Å². The first kappa shape index (κ1) is 36.1. The third-order valence-electron chi connectivity index (χ3n) is 6.76. The summed E-state index contributed by atoms with van der Waals surface area (Å²) in [5, 5.41) is 26.0. The molecule has 0 radical (unpaired) electrons. The summed E-state index contributed by atoms with van der Waals surface area (Å²) in [4.78, 5) is 21.6. The van der Waals surface area contributed by atoms with Crippen LogP contribution >= 0.6 is 0 Å². The number of carbonyl (C=O) groups is 2. The lowest BCUT2D eigenvalue weighted by atomic mass is 10.2. The van der Waals surface area contributed by atoms with Crippen molar-refractivity contribution in [2.24, 2.45) is 30.7 Å². The van der Waals surface area contributed by atoms with E-state index in [2.05, 4.69) is 30.7 Å². The van der Waals surface area contributed by atoms with Crippen molar-refractivity contribution in [3.8, 4) is 11.5 Å². The van der Waals surface area contributed by atoms with Crippen molar-refractivity contribution in [3.05, 3.63) is 96.6 Å². The van der Waals surface area contributed by atoms with Crippen LogP contribution in [-0.4, -0.2) is 38.4 Å². The summed E-state index contributed by atoms with van der Waals surface area (Å²) in [6.07, 6.45) is 3.10. The fourth-order valence-electron chi connectivity index (χ4n) is 4.18. The Hall–Kier alpha value is -5.78. The molecule has 4 aromatic rings. The fourth-order valence-corrected chi connectivity index (χ4v) is 4.18. The molecule has 0 fully saturated rings. The molecule has 254 valence electrons. The quantitative estimate of drug-likeness (QED) is 0.0587. The number of ether oxygens (including phenoxy) is 4. The van der Waals surface area contributed by atoms with Gasteiger partial charge in [0.2, 0.25) is 0 Å². The van der Waals surface area contributed by atoms with Gasteiger partial charge in [0.1, 0.15) is 11.5 Å². The summed E-state index contributed by atoms with van der Waals surface area (Å²) in [5.41, 5.74) is 5.13. The van der Waals surface area contributed by atoms with E-state index in [0.29, 0.717) is 54.9 Å². The molecule has 0 aliphatic heterocycles. The minimum absolute atomic E-state index is 0.267. The van der Waals surface area contributed by atoms with Gasteiger partial charge in [-0.25, -0.2) is 0 Å². The number of benzene rings is 4. The number of hydrogen-bond donors (Lipinski definition) is 0. The summed E-state index contributed by atoms with van der Waals surface area (Å²) in [5.74, 6) is 0.951. The lowest BCUT2D eigenvalue weighted by molar-refractivity contribution is -0.142. The molecule has 4 rings (SSSR count). The molecular weight excluding hydrogens is 624 g/mol. The average Bonchev–Trinajstić information content (AvgIpc) is 3.10. The molecule has 0 unspecified atom stereocenters. The molecule has 0 spiro atoms. The standard InChI is InChI=1S/C37H40N6O6/c1-27-26-34(42-40-33-14-19-36(20-15-33)49-25-7-5-23-47-29(3)45)16-21-37(27)43-41-31-10-8-30(9-11-31)38-39-32-12-17-35(18-13-32)48-24-6-4-22-46-28(2)44/h8-21,26H,4-7,22-25H2,1-3H3. The number of aryl methyl sites for hydroxylation is 1. The highest BCUT2D eigenvalue weighted by atomic mass is 16.5. The number of nitrogens with zero attached hydrogens (tertiary/aromatic N) is 6. The van der Waals surface area contributed by atoms with Crippen molar-refractivity contribution < 1.29 is 28.5 Å². The lowest BCUT2D eigenvalue weighted by Gasteiger charge is -2.06. The molecule has 0 heterocycles. The van der Waals surface area contributed by atoms with E-state index in [1.54, 1.807) is 0 Å². The van der Waals surface area contributed by atoms with Gasteiger partial charge >= 0.3 is 11.9 Å². The normalized spacial score (nSPS) is 11.3. The Kier molecular flexibility index (Phi) is 14.6. The summed E-state index contributed by atoms with van der Waals surface area (Å²) in [6.45, 7) is 6.65. The average molecular weight is 665 g/mol. The third kappa shape index (κ3) is 13.9. The Labute approximate surface area is 285 Å². The molecule has 0 amide bonds. The number of hydrogen-bond acceptors (Lipinski definition) is 12. The zero-order valence-corrected chi connectivity index (χ0v) is 27.9. The molecule has 4 aromatic carbocycles. The minimum Gasteiger partial charge on any atom is -0.494 e. The van der Waals surface area contributed by atoms with Gasteiger partial charge in [-0.3, -0.25) is 9.59 Å². The predicted molar refractivity (Wildman–Crippen MR) is 186 cm³/mol. The zero-order chi connectivity index (χ0) is 34.7. The predicted octanol–water partition coefficient (Wildman–Crippen LogP) is 10.7.